The van der Waals surface area contributed by atoms with Crippen molar-refractivity contribution in [3.05, 3.63) is 33.3 Å². The lowest BCUT2D eigenvalue weighted by Gasteiger charge is -2.30. The lowest BCUT2D eigenvalue weighted by molar-refractivity contribution is -0.384. The van der Waals surface area contributed by atoms with Crippen molar-refractivity contribution in [2.45, 2.75) is 19.3 Å². The molecule has 1 fully saturated rings. The molecule has 1 aliphatic heterocycles. The number of piperidine rings is 1. The molecule has 0 radical (unpaired) electrons. The molecule has 0 spiro atoms. The van der Waals surface area contributed by atoms with Crippen LogP contribution in [0.2, 0.25) is 5.02 Å². The van der Waals surface area contributed by atoms with Gasteiger partial charge in [0, 0.05) is 30.6 Å². The standard InChI is InChI=1S/C15H17ClN4O3/c16-13-3-2-12(10-14(13)20(22)23)18-15(21)11-4-8-19(9-5-11)7-1-6-17/h2-3,10-11H,1,4-5,7-9H2,(H,18,21). The molecule has 8 heteroatoms. The second kappa shape index (κ2) is 7.90. The summed E-state index contributed by atoms with van der Waals surface area (Å²) in [4.78, 5) is 24.7. The first-order valence-corrected chi connectivity index (χ1v) is 7.73. The SMILES string of the molecule is N#CCCN1CCC(C(=O)Nc2ccc(Cl)c([N+](=O)[O-])c2)CC1. The smallest absolute Gasteiger partial charge is 0.289 e. The topological polar surface area (TPSA) is 99.3 Å². The average molecular weight is 337 g/mol. The van der Waals surface area contributed by atoms with Crippen LogP contribution in [0.5, 0.6) is 0 Å². The van der Waals surface area contributed by atoms with E-state index in [2.05, 4.69) is 16.3 Å². The molecule has 7 nitrogen and oxygen atoms in total. The minimum absolute atomic E-state index is 0.0406. The zero-order chi connectivity index (χ0) is 16.8. The van der Waals surface area contributed by atoms with E-state index >= 15 is 0 Å². The molecule has 1 aliphatic rings. The molecule has 1 aromatic carbocycles. The number of anilines is 1. The van der Waals surface area contributed by atoms with Crippen LogP contribution in [-0.4, -0.2) is 35.4 Å². The quantitative estimate of drug-likeness (QED) is 0.658. The first-order valence-electron chi connectivity index (χ1n) is 7.35. The van der Waals surface area contributed by atoms with Crippen LogP contribution in [0, 0.1) is 27.4 Å². The Morgan fingerprint density at radius 3 is 2.78 bits per heavy atom. The number of amides is 1. The Balaban J connectivity index is 1.92. The fourth-order valence-corrected chi connectivity index (χ4v) is 2.79. The Morgan fingerprint density at radius 1 is 1.48 bits per heavy atom. The molecule has 2 rings (SSSR count). The Labute approximate surface area is 139 Å². The predicted molar refractivity (Wildman–Crippen MR) is 86.1 cm³/mol. The van der Waals surface area contributed by atoms with E-state index in [4.69, 9.17) is 16.9 Å². The number of nitrogens with zero attached hydrogens (tertiary/aromatic N) is 3. The number of carbonyl (C=O) groups is 1. The second-order valence-corrected chi connectivity index (χ2v) is 5.84. The van der Waals surface area contributed by atoms with Gasteiger partial charge >= 0.3 is 0 Å². The maximum absolute atomic E-state index is 12.3. The number of nitriles is 1. The molecular weight excluding hydrogens is 320 g/mol. The normalized spacial score (nSPS) is 15.8. The summed E-state index contributed by atoms with van der Waals surface area (Å²) in [6, 6.07) is 6.33. The average Bonchev–Trinajstić information content (AvgIpc) is 2.54. The number of nitro groups is 1. The van der Waals surface area contributed by atoms with Crippen LogP contribution in [0.15, 0.2) is 18.2 Å². The van der Waals surface area contributed by atoms with Crippen LogP contribution in [0.3, 0.4) is 0 Å². The molecule has 0 unspecified atom stereocenters. The largest absolute Gasteiger partial charge is 0.326 e. The van der Waals surface area contributed by atoms with Crippen molar-refractivity contribution in [1.82, 2.24) is 4.90 Å². The van der Waals surface area contributed by atoms with Crippen molar-refractivity contribution in [2.75, 3.05) is 25.0 Å². The first-order chi connectivity index (χ1) is 11.0. The maximum Gasteiger partial charge on any atom is 0.289 e. The van der Waals surface area contributed by atoms with E-state index in [-0.39, 0.29) is 22.5 Å². The van der Waals surface area contributed by atoms with Crippen LogP contribution < -0.4 is 5.32 Å². The minimum atomic E-state index is -0.578. The highest BCUT2D eigenvalue weighted by atomic mass is 35.5. The highest BCUT2D eigenvalue weighted by Crippen LogP contribution is 2.28. The number of likely N-dealkylation sites (tertiary alicyclic amines) is 1. The van der Waals surface area contributed by atoms with Gasteiger partial charge in [-0.1, -0.05) is 11.6 Å². The Hall–Kier alpha value is -2.17. The molecule has 1 saturated heterocycles. The second-order valence-electron chi connectivity index (χ2n) is 5.44. The predicted octanol–water partition coefficient (Wildman–Crippen LogP) is 2.81. The molecule has 23 heavy (non-hydrogen) atoms. The van der Waals surface area contributed by atoms with Gasteiger partial charge in [-0.2, -0.15) is 5.26 Å². The number of nitro benzene ring substituents is 1. The molecule has 1 amide bonds. The van der Waals surface area contributed by atoms with Crippen molar-refractivity contribution in [3.63, 3.8) is 0 Å². The molecule has 0 atom stereocenters. The molecule has 1 N–H and O–H groups in total. The van der Waals surface area contributed by atoms with E-state index in [1.807, 2.05) is 0 Å². The third-order valence-corrected chi connectivity index (χ3v) is 4.23. The molecule has 0 bridgehead atoms. The Morgan fingerprint density at radius 2 is 2.17 bits per heavy atom. The lowest BCUT2D eigenvalue weighted by atomic mass is 9.95. The van der Waals surface area contributed by atoms with Gasteiger partial charge in [0.2, 0.25) is 5.91 Å². The van der Waals surface area contributed by atoms with Crippen molar-refractivity contribution in [1.29, 1.82) is 5.26 Å². The first kappa shape index (κ1) is 17.2. The number of nitrogens with one attached hydrogen (secondary N) is 1. The van der Waals surface area contributed by atoms with Gasteiger partial charge in [0.25, 0.3) is 5.69 Å². The molecule has 1 heterocycles. The van der Waals surface area contributed by atoms with E-state index < -0.39 is 4.92 Å². The number of hydrogen-bond donors (Lipinski definition) is 1. The summed E-state index contributed by atoms with van der Waals surface area (Å²) in [6.45, 7) is 2.29. The molecule has 0 aliphatic carbocycles. The molecule has 0 saturated carbocycles. The molecule has 122 valence electrons. The number of rotatable bonds is 5. The van der Waals surface area contributed by atoms with E-state index in [1.54, 1.807) is 6.07 Å². The highest BCUT2D eigenvalue weighted by Gasteiger charge is 2.25. The lowest BCUT2D eigenvalue weighted by Crippen LogP contribution is -2.38. The highest BCUT2D eigenvalue weighted by molar-refractivity contribution is 6.32. The van der Waals surface area contributed by atoms with E-state index in [0.717, 1.165) is 19.6 Å². The molecule has 0 aromatic heterocycles. The molecule has 1 aromatic rings. The Bertz CT molecular complexity index is 636. The van der Waals surface area contributed by atoms with Crippen LogP contribution >= 0.6 is 11.6 Å². The van der Waals surface area contributed by atoms with Gasteiger partial charge in [0.15, 0.2) is 0 Å². The molecular formula is C15H17ClN4O3. The monoisotopic (exact) mass is 336 g/mol. The van der Waals surface area contributed by atoms with Gasteiger partial charge in [0.05, 0.1) is 11.0 Å². The summed E-state index contributed by atoms with van der Waals surface area (Å²) in [5.41, 5.74) is 0.147. The van der Waals surface area contributed by atoms with Gasteiger partial charge in [-0.15, -0.1) is 0 Å². The fourth-order valence-electron chi connectivity index (χ4n) is 2.60. The zero-order valence-electron chi connectivity index (χ0n) is 12.5. The van der Waals surface area contributed by atoms with Gasteiger partial charge in [-0.25, -0.2) is 0 Å². The summed E-state index contributed by atoms with van der Waals surface area (Å²) in [5.74, 6) is -0.260. The summed E-state index contributed by atoms with van der Waals surface area (Å²) in [7, 11) is 0. The third kappa shape index (κ3) is 4.65. The fraction of sp³-hybridized carbons (Fsp3) is 0.467. The summed E-state index contributed by atoms with van der Waals surface area (Å²) in [5, 5.41) is 22.2. The number of benzene rings is 1. The van der Waals surface area contributed by atoms with Gasteiger partial charge in [0.1, 0.15) is 5.02 Å². The third-order valence-electron chi connectivity index (χ3n) is 3.91. The number of halogens is 1. The summed E-state index contributed by atoms with van der Waals surface area (Å²) >= 11 is 5.75. The van der Waals surface area contributed by atoms with E-state index in [9.17, 15) is 14.9 Å². The van der Waals surface area contributed by atoms with Crippen molar-refractivity contribution < 1.29 is 9.72 Å². The summed E-state index contributed by atoms with van der Waals surface area (Å²) in [6.07, 6.45) is 1.92. The van der Waals surface area contributed by atoms with Crippen LogP contribution in [0.25, 0.3) is 0 Å². The van der Waals surface area contributed by atoms with Gasteiger partial charge in [-0.3, -0.25) is 14.9 Å². The zero-order valence-corrected chi connectivity index (χ0v) is 13.3. The van der Waals surface area contributed by atoms with Gasteiger partial charge < -0.3 is 10.2 Å². The number of hydrogen-bond acceptors (Lipinski definition) is 5. The maximum atomic E-state index is 12.3. The minimum Gasteiger partial charge on any atom is -0.326 e. The summed E-state index contributed by atoms with van der Waals surface area (Å²) < 4.78 is 0. The van der Waals surface area contributed by atoms with Crippen LogP contribution in [-0.2, 0) is 4.79 Å². The van der Waals surface area contributed by atoms with Crippen LogP contribution in [0.4, 0.5) is 11.4 Å². The van der Waals surface area contributed by atoms with Crippen molar-refractivity contribution in [3.8, 4) is 6.07 Å². The van der Waals surface area contributed by atoms with E-state index in [0.29, 0.717) is 24.9 Å². The van der Waals surface area contributed by atoms with E-state index in [1.165, 1.54) is 12.1 Å². The number of carbonyl (C=O) groups excluding carboxylic acids is 1. The van der Waals surface area contributed by atoms with Crippen molar-refractivity contribution >= 4 is 28.9 Å². The van der Waals surface area contributed by atoms with Crippen LogP contribution in [0.1, 0.15) is 19.3 Å². The Kier molecular flexibility index (Phi) is 5.90. The van der Waals surface area contributed by atoms with Gasteiger partial charge in [-0.05, 0) is 38.1 Å². The van der Waals surface area contributed by atoms with Crippen molar-refractivity contribution in [2.24, 2.45) is 5.92 Å².